The molecule has 1 heterocycles. The van der Waals surface area contributed by atoms with E-state index >= 15 is 0 Å². The van der Waals surface area contributed by atoms with E-state index in [0.717, 1.165) is 24.2 Å². The minimum atomic E-state index is 0.0228. The quantitative estimate of drug-likeness (QED) is 0.656. The number of hydrogen-bond donors (Lipinski definition) is 0. The van der Waals surface area contributed by atoms with Gasteiger partial charge >= 0.3 is 0 Å². The van der Waals surface area contributed by atoms with Gasteiger partial charge in [0.15, 0.2) is 0 Å². The van der Waals surface area contributed by atoms with Crippen LogP contribution < -0.4 is 4.74 Å². The molecule has 1 aliphatic rings. The SMILES string of the molecule is C=C[C@H]1C[C@H](OCc2ccccc2)C[C@@H](/C=C/c2ccc(OC)cc2)O1. The first-order valence-electron chi connectivity index (χ1n) is 9.02. The van der Waals surface area contributed by atoms with E-state index in [2.05, 4.69) is 30.9 Å². The molecule has 0 radical (unpaired) electrons. The van der Waals surface area contributed by atoms with Crippen LogP contribution in [0.1, 0.15) is 24.0 Å². The molecule has 3 heteroatoms. The molecule has 3 atom stereocenters. The molecule has 0 aromatic heterocycles. The van der Waals surface area contributed by atoms with Gasteiger partial charge in [-0.2, -0.15) is 0 Å². The van der Waals surface area contributed by atoms with Crippen LogP contribution >= 0.6 is 0 Å². The maximum atomic E-state index is 6.14. The molecular formula is C23H26O3. The molecule has 0 saturated carbocycles. The Morgan fingerprint density at radius 3 is 2.46 bits per heavy atom. The molecular weight excluding hydrogens is 324 g/mol. The van der Waals surface area contributed by atoms with Gasteiger partial charge in [0.25, 0.3) is 0 Å². The molecule has 0 amide bonds. The predicted molar refractivity (Wildman–Crippen MR) is 105 cm³/mol. The van der Waals surface area contributed by atoms with Gasteiger partial charge in [-0.05, 0) is 23.3 Å². The number of rotatable bonds is 7. The van der Waals surface area contributed by atoms with Gasteiger partial charge in [0, 0.05) is 12.8 Å². The number of benzene rings is 2. The van der Waals surface area contributed by atoms with Crippen molar-refractivity contribution in [3.63, 3.8) is 0 Å². The predicted octanol–water partition coefficient (Wildman–Crippen LogP) is 5.03. The maximum absolute atomic E-state index is 6.14. The van der Waals surface area contributed by atoms with Gasteiger partial charge in [-0.3, -0.25) is 0 Å². The summed E-state index contributed by atoms with van der Waals surface area (Å²) in [5.74, 6) is 0.858. The highest BCUT2D eigenvalue weighted by molar-refractivity contribution is 5.51. The summed E-state index contributed by atoms with van der Waals surface area (Å²) in [6, 6.07) is 18.3. The van der Waals surface area contributed by atoms with Gasteiger partial charge in [0.2, 0.25) is 0 Å². The molecule has 0 aliphatic carbocycles. The molecule has 3 nitrogen and oxygen atoms in total. The smallest absolute Gasteiger partial charge is 0.118 e. The fourth-order valence-electron chi connectivity index (χ4n) is 3.08. The Bertz CT molecular complexity index is 706. The summed E-state index contributed by atoms with van der Waals surface area (Å²) in [6.45, 7) is 4.52. The summed E-state index contributed by atoms with van der Waals surface area (Å²) in [4.78, 5) is 0. The lowest BCUT2D eigenvalue weighted by atomic mass is 9.99. The summed E-state index contributed by atoms with van der Waals surface area (Å²) in [5, 5.41) is 0. The number of hydrogen-bond acceptors (Lipinski definition) is 3. The zero-order chi connectivity index (χ0) is 18.2. The third-order valence-corrected chi connectivity index (χ3v) is 4.55. The van der Waals surface area contributed by atoms with Gasteiger partial charge in [-0.15, -0.1) is 6.58 Å². The second-order valence-corrected chi connectivity index (χ2v) is 6.47. The zero-order valence-electron chi connectivity index (χ0n) is 15.2. The van der Waals surface area contributed by atoms with Crippen molar-refractivity contribution in [2.24, 2.45) is 0 Å². The van der Waals surface area contributed by atoms with Crippen LogP contribution in [0.5, 0.6) is 5.75 Å². The van der Waals surface area contributed by atoms with E-state index in [1.165, 1.54) is 5.56 Å². The van der Waals surface area contributed by atoms with E-state index in [1.54, 1.807) is 7.11 Å². The van der Waals surface area contributed by atoms with E-state index in [4.69, 9.17) is 14.2 Å². The highest BCUT2D eigenvalue weighted by Gasteiger charge is 2.27. The van der Waals surface area contributed by atoms with Crippen molar-refractivity contribution >= 4 is 6.08 Å². The lowest BCUT2D eigenvalue weighted by molar-refractivity contribution is -0.0866. The lowest BCUT2D eigenvalue weighted by Gasteiger charge is -2.32. The van der Waals surface area contributed by atoms with E-state index < -0.39 is 0 Å². The first-order valence-corrected chi connectivity index (χ1v) is 9.02. The van der Waals surface area contributed by atoms with Crippen molar-refractivity contribution < 1.29 is 14.2 Å². The third kappa shape index (κ3) is 5.32. The summed E-state index contributed by atoms with van der Waals surface area (Å²) >= 11 is 0. The average Bonchev–Trinajstić information content (AvgIpc) is 2.71. The Hall–Kier alpha value is -2.36. The second kappa shape index (κ2) is 9.37. The zero-order valence-corrected chi connectivity index (χ0v) is 15.2. The first kappa shape index (κ1) is 18.4. The summed E-state index contributed by atoms with van der Waals surface area (Å²) in [6.07, 6.45) is 7.97. The van der Waals surface area contributed by atoms with Gasteiger partial charge in [0.05, 0.1) is 32.0 Å². The molecule has 1 fully saturated rings. The molecule has 0 unspecified atom stereocenters. The number of methoxy groups -OCH3 is 1. The fourth-order valence-corrected chi connectivity index (χ4v) is 3.08. The third-order valence-electron chi connectivity index (χ3n) is 4.55. The van der Waals surface area contributed by atoms with Crippen LogP contribution in [-0.4, -0.2) is 25.4 Å². The minimum absolute atomic E-state index is 0.0228. The van der Waals surface area contributed by atoms with Crippen molar-refractivity contribution in [1.82, 2.24) is 0 Å². The Balaban J connectivity index is 1.59. The van der Waals surface area contributed by atoms with Crippen molar-refractivity contribution in [1.29, 1.82) is 0 Å². The molecule has 26 heavy (non-hydrogen) atoms. The Morgan fingerprint density at radius 2 is 1.77 bits per heavy atom. The van der Waals surface area contributed by atoms with E-state index in [-0.39, 0.29) is 18.3 Å². The number of ether oxygens (including phenoxy) is 3. The Labute approximate surface area is 155 Å². The Morgan fingerprint density at radius 1 is 1.04 bits per heavy atom. The molecule has 0 spiro atoms. The molecule has 136 valence electrons. The molecule has 2 aromatic carbocycles. The van der Waals surface area contributed by atoms with E-state index in [1.807, 2.05) is 48.5 Å². The average molecular weight is 350 g/mol. The summed E-state index contributed by atoms with van der Waals surface area (Å²) in [5.41, 5.74) is 2.32. The van der Waals surface area contributed by atoms with Crippen LogP contribution in [0.2, 0.25) is 0 Å². The largest absolute Gasteiger partial charge is 0.497 e. The molecule has 0 N–H and O–H groups in total. The first-order chi connectivity index (χ1) is 12.8. The van der Waals surface area contributed by atoms with E-state index in [0.29, 0.717) is 6.61 Å². The van der Waals surface area contributed by atoms with Crippen LogP contribution in [0.25, 0.3) is 6.08 Å². The van der Waals surface area contributed by atoms with Crippen LogP contribution in [0.3, 0.4) is 0 Å². The molecule has 2 aromatic rings. The normalized spacial score (nSPS) is 23.0. The monoisotopic (exact) mass is 350 g/mol. The second-order valence-electron chi connectivity index (χ2n) is 6.47. The molecule has 3 rings (SSSR count). The Kier molecular flexibility index (Phi) is 6.64. The molecule has 0 bridgehead atoms. The topological polar surface area (TPSA) is 27.7 Å². The van der Waals surface area contributed by atoms with Crippen molar-refractivity contribution in [3.8, 4) is 5.75 Å². The van der Waals surface area contributed by atoms with Gasteiger partial charge in [-0.25, -0.2) is 0 Å². The standard InChI is InChI=1S/C23H26O3/c1-3-20-15-23(25-17-19-7-5-4-6-8-19)16-22(26-20)14-11-18-9-12-21(24-2)13-10-18/h3-14,20,22-23H,1,15-17H2,2H3/b14-11+/t20-,22+,23-/m0/s1. The highest BCUT2D eigenvalue weighted by Crippen LogP contribution is 2.25. The van der Waals surface area contributed by atoms with Gasteiger partial charge in [0.1, 0.15) is 5.75 Å². The van der Waals surface area contributed by atoms with Crippen LogP contribution in [0, 0.1) is 0 Å². The highest BCUT2D eigenvalue weighted by atomic mass is 16.5. The van der Waals surface area contributed by atoms with Gasteiger partial charge in [-0.1, -0.05) is 60.7 Å². The van der Waals surface area contributed by atoms with Crippen LogP contribution in [0.4, 0.5) is 0 Å². The van der Waals surface area contributed by atoms with Crippen molar-refractivity contribution in [3.05, 3.63) is 84.5 Å². The minimum Gasteiger partial charge on any atom is -0.497 e. The maximum Gasteiger partial charge on any atom is 0.118 e. The summed E-state index contributed by atoms with van der Waals surface area (Å²) < 4.78 is 17.4. The van der Waals surface area contributed by atoms with Crippen LogP contribution in [0.15, 0.2) is 73.3 Å². The summed E-state index contributed by atoms with van der Waals surface area (Å²) in [7, 11) is 1.67. The fraction of sp³-hybridized carbons (Fsp3) is 0.304. The van der Waals surface area contributed by atoms with Gasteiger partial charge < -0.3 is 14.2 Å². The van der Waals surface area contributed by atoms with Crippen molar-refractivity contribution in [2.75, 3.05) is 7.11 Å². The molecule has 1 saturated heterocycles. The lowest BCUT2D eigenvalue weighted by Crippen LogP contribution is -2.35. The van der Waals surface area contributed by atoms with E-state index in [9.17, 15) is 0 Å². The molecule has 1 aliphatic heterocycles. The van der Waals surface area contributed by atoms with Crippen molar-refractivity contribution in [2.45, 2.75) is 37.8 Å². The van der Waals surface area contributed by atoms with Crippen LogP contribution in [-0.2, 0) is 16.1 Å².